The van der Waals surface area contributed by atoms with Gasteiger partial charge in [-0.3, -0.25) is 9.59 Å². The smallest absolute Gasteiger partial charge is 0.329 e. The average molecular weight is 833 g/mol. The van der Waals surface area contributed by atoms with Crippen molar-refractivity contribution in [2.75, 3.05) is 11.9 Å². The molecular formula is C27H22I3N3O4. The van der Waals surface area contributed by atoms with E-state index >= 15 is 0 Å². The fourth-order valence-electron chi connectivity index (χ4n) is 3.70. The number of halogens is 3. The highest BCUT2D eigenvalue weighted by Crippen LogP contribution is 2.31. The minimum atomic E-state index is -0.628. The third-order valence-electron chi connectivity index (χ3n) is 5.56. The molecule has 0 spiro atoms. The van der Waals surface area contributed by atoms with Crippen LogP contribution in [0.1, 0.15) is 23.6 Å². The Labute approximate surface area is 255 Å². The van der Waals surface area contributed by atoms with Crippen molar-refractivity contribution < 1.29 is 19.1 Å². The molecule has 7 nitrogen and oxygen atoms in total. The van der Waals surface area contributed by atoms with Crippen molar-refractivity contribution in [3.63, 3.8) is 0 Å². The zero-order valence-electron chi connectivity index (χ0n) is 19.7. The molecule has 0 aromatic heterocycles. The van der Waals surface area contributed by atoms with Crippen LogP contribution >= 0.6 is 67.8 Å². The maximum absolute atomic E-state index is 12.9. The van der Waals surface area contributed by atoms with Crippen molar-refractivity contribution in [1.29, 1.82) is 0 Å². The summed E-state index contributed by atoms with van der Waals surface area (Å²) in [5.74, 6) is -0.230. The van der Waals surface area contributed by atoms with Gasteiger partial charge in [0, 0.05) is 9.26 Å². The Morgan fingerprint density at radius 2 is 1.70 bits per heavy atom. The van der Waals surface area contributed by atoms with Gasteiger partial charge in [0.25, 0.3) is 5.91 Å². The van der Waals surface area contributed by atoms with E-state index < -0.39 is 17.8 Å². The number of hydrogen-bond acceptors (Lipinski definition) is 4. The molecule has 3 aromatic rings. The number of nitrogens with one attached hydrogen (secondary N) is 2. The number of anilines is 1. The lowest BCUT2D eigenvalue weighted by atomic mass is 10.1. The first-order chi connectivity index (χ1) is 17.7. The number of nitrogens with zero attached hydrogens (tertiary/aromatic N) is 1. The van der Waals surface area contributed by atoms with Crippen molar-refractivity contribution in [2.24, 2.45) is 0 Å². The zero-order chi connectivity index (χ0) is 26.5. The highest BCUT2D eigenvalue weighted by Gasteiger charge is 2.35. The Bertz CT molecular complexity index is 1370. The van der Waals surface area contributed by atoms with Crippen LogP contribution in [-0.4, -0.2) is 29.3 Å². The Balaban J connectivity index is 1.44. The number of rotatable bonds is 8. The fourth-order valence-corrected chi connectivity index (χ4v) is 6.19. The van der Waals surface area contributed by atoms with Gasteiger partial charge in [-0.25, -0.2) is 9.69 Å². The number of amides is 4. The van der Waals surface area contributed by atoms with E-state index in [1.54, 1.807) is 12.1 Å². The van der Waals surface area contributed by atoms with Crippen LogP contribution in [0.5, 0.6) is 5.75 Å². The summed E-state index contributed by atoms with van der Waals surface area (Å²) >= 11 is 6.66. The molecule has 2 N–H and O–H groups in total. The number of carbonyl (C=O) groups is 3. The second-order valence-electron chi connectivity index (χ2n) is 8.17. The predicted molar refractivity (Wildman–Crippen MR) is 168 cm³/mol. The third kappa shape index (κ3) is 7.02. The fraction of sp³-hybridized carbons (Fsp3) is 0.148. The van der Waals surface area contributed by atoms with Gasteiger partial charge in [0.1, 0.15) is 24.6 Å². The maximum atomic E-state index is 12.9. The van der Waals surface area contributed by atoms with Gasteiger partial charge in [-0.1, -0.05) is 37.3 Å². The van der Waals surface area contributed by atoms with E-state index in [0.29, 0.717) is 12.3 Å². The number of ether oxygens (including phenoxy) is 1. The molecule has 3 aromatic carbocycles. The summed E-state index contributed by atoms with van der Waals surface area (Å²) < 4.78 is 8.98. The molecule has 4 rings (SSSR count). The monoisotopic (exact) mass is 833 g/mol. The SMILES string of the molecule is CCc1ccccc1NC(=O)CN1C(=O)N/C(=C/c2cc(I)c(OCc3ccc(I)cc3)c(I)c2)C1=O. The average Bonchev–Trinajstić information content (AvgIpc) is 3.12. The molecule has 0 saturated carbocycles. The van der Waals surface area contributed by atoms with E-state index in [1.165, 1.54) is 0 Å². The molecule has 0 unspecified atom stereocenters. The summed E-state index contributed by atoms with van der Waals surface area (Å²) in [6.45, 7) is 2.06. The number of imide groups is 1. The number of benzene rings is 3. The highest BCUT2D eigenvalue weighted by molar-refractivity contribution is 14.1. The Hall–Kier alpha value is -2.20. The van der Waals surface area contributed by atoms with Crippen molar-refractivity contribution in [3.8, 4) is 5.75 Å². The summed E-state index contributed by atoms with van der Waals surface area (Å²) in [6, 6.07) is 18.7. The number of carbonyl (C=O) groups excluding carboxylic acids is 3. The normalized spacial score (nSPS) is 14.2. The largest absolute Gasteiger partial charge is 0.487 e. The number of para-hydroxylation sites is 1. The van der Waals surface area contributed by atoms with Crippen LogP contribution in [0.4, 0.5) is 10.5 Å². The quantitative estimate of drug-likeness (QED) is 0.162. The van der Waals surface area contributed by atoms with Gasteiger partial charge in [-0.05, 0) is 127 Å². The van der Waals surface area contributed by atoms with E-state index in [0.717, 1.165) is 44.5 Å². The van der Waals surface area contributed by atoms with Crippen LogP contribution in [-0.2, 0) is 22.6 Å². The Morgan fingerprint density at radius 3 is 2.38 bits per heavy atom. The second-order valence-corrected chi connectivity index (χ2v) is 11.7. The Kier molecular flexibility index (Phi) is 9.45. The van der Waals surface area contributed by atoms with Crippen LogP contribution in [0.2, 0.25) is 0 Å². The van der Waals surface area contributed by atoms with Crippen molar-refractivity contribution in [1.82, 2.24) is 10.2 Å². The van der Waals surface area contributed by atoms with E-state index in [-0.39, 0.29) is 12.2 Å². The molecule has 1 aliphatic heterocycles. The standard InChI is InChI=1S/C27H22I3N3O4/c1-2-18-5-3-4-6-22(18)31-24(34)14-33-26(35)23(32-27(33)36)13-17-11-20(29)25(21(30)12-17)37-15-16-7-9-19(28)10-8-16/h3-13H,2,14-15H2,1H3,(H,31,34)(H,32,36)/b23-13+. The molecule has 0 radical (unpaired) electrons. The van der Waals surface area contributed by atoms with Gasteiger partial charge in [-0.2, -0.15) is 0 Å². The van der Waals surface area contributed by atoms with Crippen LogP contribution < -0.4 is 15.4 Å². The maximum Gasteiger partial charge on any atom is 0.329 e. The van der Waals surface area contributed by atoms with Gasteiger partial charge in [0.15, 0.2) is 0 Å². The summed E-state index contributed by atoms with van der Waals surface area (Å²) in [5, 5.41) is 5.37. The molecule has 0 atom stereocenters. The third-order valence-corrected chi connectivity index (χ3v) is 7.89. The molecule has 10 heteroatoms. The van der Waals surface area contributed by atoms with Crippen LogP contribution in [0.25, 0.3) is 6.08 Å². The van der Waals surface area contributed by atoms with Crippen molar-refractivity contribution >= 4 is 97.4 Å². The lowest BCUT2D eigenvalue weighted by Crippen LogP contribution is -2.38. The number of aryl methyl sites for hydroxylation is 1. The molecule has 190 valence electrons. The summed E-state index contributed by atoms with van der Waals surface area (Å²) in [5.41, 5.74) is 3.57. The van der Waals surface area contributed by atoms with Crippen LogP contribution in [0.15, 0.2) is 66.4 Å². The number of urea groups is 1. The zero-order valence-corrected chi connectivity index (χ0v) is 26.2. The molecule has 37 heavy (non-hydrogen) atoms. The molecular weight excluding hydrogens is 811 g/mol. The summed E-state index contributed by atoms with van der Waals surface area (Å²) in [7, 11) is 0. The van der Waals surface area contributed by atoms with Gasteiger partial charge >= 0.3 is 6.03 Å². The van der Waals surface area contributed by atoms with Crippen molar-refractivity contribution in [2.45, 2.75) is 20.0 Å². The molecule has 4 amide bonds. The molecule has 1 saturated heterocycles. The lowest BCUT2D eigenvalue weighted by molar-refractivity contribution is -0.127. The highest BCUT2D eigenvalue weighted by atomic mass is 127. The van der Waals surface area contributed by atoms with Crippen LogP contribution in [0.3, 0.4) is 0 Å². The molecule has 0 bridgehead atoms. The molecule has 0 aliphatic carbocycles. The van der Waals surface area contributed by atoms with E-state index in [4.69, 9.17) is 4.74 Å². The summed E-state index contributed by atoms with van der Waals surface area (Å²) in [4.78, 5) is 38.9. The molecule has 1 fully saturated rings. The van der Waals surface area contributed by atoms with Crippen LogP contribution in [0, 0.1) is 10.7 Å². The topological polar surface area (TPSA) is 87.7 Å². The van der Waals surface area contributed by atoms with Crippen molar-refractivity contribution in [3.05, 3.63) is 93.8 Å². The minimum Gasteiger partial charge on any atom is -0.487 e. The molecule has 1 aliphatic rings. The van der Waals surface area contributed by atoms with Gasteiger partial charge < -0.3 is 15.4 Å². The second kappa shape index (κ2) is 12.6. The number of hydrogen-bond donors (Lipinski definition) is 2. The van der Waals surface area contributed by atoms with Gasteiger partial charge in [0.2, 0.25) is 5.91 Å². The van der Waals surface area contributed by atoms with Gasteiger partial charge in [-0.15, -0.1) is 0 Å². The Morgan fingerprint density at radius 1 is 1.03 bits per heavy atom. The first-order valence-corrected chi connectivity index (χ1v) is 14.6. The van der Waals surface area contributed by atoms with E-state index in [2.05, 4.69) is 78.4 Å². The van der Waals surface area contributed by atoms with E-state index in [9.17, 15) is 14.4 Å². The summed E-state index contributed by atoms with van der Waals surface area (Å²) in [6.07, 6.45) is 2.36. The molecule has 1 heterocycles. The first kappa shape index (κ1) is 27.8. The first-order valence-electron chi connectivity index (χ1n) is 11.3. The predicted octanol–water partition coefficient (Wildman–Crippen LogP) is 6.17. The van der Waals surface area contributed by atoms with Gasteiger partial charge in [0.05, 0.1) is 7.14 Å². The lowest BCUT2D eigenvalue weighted by Gasteiger charge is -2.13. The van der Waals surface area contributed by atoms with E-state index in [1.807, 2.05) is 61.5 Å². The minimum absolute atomic E-state index is 0.117.